The fourth-order valence-electron chi connectivity index (χ4n) is 2.62. The largest absolute Gasteiger partial charge is 0.356 e. The quantitative estimate of drug-likeness (QED) is 0.780. The first kappa shape index (κ1) is 13.4. The van der Waals surface area contributed by atoms with Gasteiger partial charge in [0.25, 0.3) is 0 Å². The highest BCUT2D eigenvalue weighted by Crippen LogP contribution is 2.25. The van der Waals surface area contributed by atoms with Gasteiger partial charge in [0.05, 0.1) is 5.52 Å². The van der Waals surface area contributed by atoms with Crippen LogP contribution in [0.25, 0.3) is 16.6 Å². The van der Waals surface area contributed by atoms with Gasteiger partial charge >= 0.3 is 0 Å². The molecule has 0 unspecified atom stereocenters. The van der Waals surface area contributed by atoms with E-state index < -0.39 is 0 Å². The zero-order chi connectivity index (χ0) is 14.7. The lowest BCUT2D eigenvalue weighted by Gasteiger charge is -2.04. The van der Waals surface area contributed by atoms with Gasteiger partial charge in [0.1, 0.15) is 0 Å². The first-order valence-electron chi connectivity index (χ1n) is 7.14. The molecule has 1 aromatic heterocycles. The number of amides is 1. The lowest BCUT2D eigenvalue weighted by atomic mass is 10.1. The Morgan fingerprint density at radius 1 is 1.05 bits per heavy atom. The number of nitrogens with one attached hydrogen (secondary N) is 1. The van der Waals surface area contributed by atoms with E-state index in [9.17, 15) is 4.79 Å². The van der Waals surface area contributed by atoms with Crippen LogP contribution in [0.3, 0.4) is 0 Å². The molecule has 0 aliphatic heterocycles. The Hall–Kier alpha value is -2.55. The molecule has 21 heavy (non-hydrogen) atoms. The van der Waals surface area contributed by atoms with Crippen LogP contribution in [0, 0.1) is 0 Å². The summed E-state index contributed by atoms with van der Waals surface area (Å²) in [6, 6.07) is 18.7. The van der Waals surface area contributed by atoms with Gasteiger partial charge in [-0.25, -0.2) is 0 Å². The summed E-state index contributed by atoms with van der Waals surface area (Å²) < 4.78 is 2.21. The summed E-state index contributed by atoms with van der Waals surface area (Å²) in [7, 11) is 0. The fourth-order valence-corrected chi connectivity index (χ4v) is 2.62. The van der Waals surface area contributed by atoms with Crippen molar-refractivity contribution in [3.8, 4) is 5.69 Å². The summed E-state index contributed by atoms with van der Waals surface area (Å²) in [6.07, 6.45) is 3.00. The van der Waals surface area contributed by atoms with Crippen molar-refractivity contribution in [2.24, 2.45) is 0 Å². The normalized spacial score (nSPS) is 10.7. The smallest absolute Gasteiger partial charge is 0.216 e. The van der Waals surface area contributed by atoms with E-state index in [-0.39, 0.29) is 5.91 Å². The third kappa shape index (κ3) is 2.82. The number of hydrogen-bond donors (Lipinski definition) is 1. The number of rotatable bonds is 4. The van der Waals surface area contributed by atoms with Crippen LogP contribution in [-0.4, -0.2) is 17.0 Å². The Kier molecular flexibility index (Phi) is 3.73. The van der Waals surface area contributed by atoms with E-state index in [0.717, 1.165) is 12.1 Å². The second kappa shape index (κ2) is 5.83. The molecule has 3 aromatic rings. The van der Waals surface area contributed by atoms with Crippen molar-refractivity contribution in [3.05, 3.63) is 66.4 Å². The maximum atomic E-state index is 11.0. The summed E-state index contributed by atoms with van der Waals surface area (Å²) in [5, 5.41) is 4.10. The minimum atomic E-state index is 0.0156. The number of nitrogens with zero attached hydrogens (tertiary/aromatic N) is 1. The minimum Gasteiger partial charge on any atom is -0.356 e. The molecule has 0 atom stereocenters. The Morgan fingerprint density at radius 2 is 1.76 bits per heavy atom. The first-order valence-corrected chi connectivity index (χ1v) is 7.14. The van der Waals surface area contributed by atoms with Gasteiger partial charge in [-0.05, 0) is 30.2 Å². The summed E-state index contributed by atoms with van der Waals surface area (Å²) in [6.45, 7) is 2.21. The van der Waals surface area contributed by atoms with Crippen LogP contribution < -0.4 is 5.32 Å². The van der Waals surface area contributed by atoms with Gasteiger partial charge in [0, 0.05) is 30.7 Å². The fraction of sp³-hybridized carbons (Fsp3) is 0.167. The molecule has 3 nitrogen and oxygen atoms in total. The monoisotopic (exact) mass is 278 g/mol. The standard InChI is InChI=1S/C18H18N2O/c1-14(21)19-12-11-15-13-20(16-7-3-2-4-8-16)18-10-6-5-9-17(15)18/h2-10,13H,11-12H2,1H3,(H,19,21). The highest BCUT2D eigenvalue weighted by Gasteiger charge is 2.09. The Bertz CT molecular complexity index is 759. The topological polar surface area (TPSA) is 34.0 Å². The molecule has 0 aliphatic rings. The molecule has 1 amide bonds. The molecule has 0 fully saturated rings. The van der Waals surface area contributed by atoms with E-state index in [4.69, 9.17) is 0 Å². The second-order valence-corrected chi connectivity index (χ2v) is 5.11. The molecule has 0 aliphatic carbocycles. The van der Waals surface area contributed by atoms with Crippen LogP contribution in [0.2, 0.25) is 0 Å². The van der Waals surface area contributed by atoms with Gasteiger partial charge in [-0.2, -0.15) is 0 Å². The van der Waals surface area contributed by atoms with Gasteiger partial charge in [0.15, 0.2) is 0 Å². The van der Waals surface area contributed by atoms with Crippen molar-refractivity contribution in [3.63, 3.8) is 0 Å². The van der Waals surface area contributed by atoms with Gasteiger partial charge in [-0.15, -0.1) is 0 Å². The average molecular weight is 278 g/mol. The number of benzene rings is 2. The Labute approximate surface area is 124 Å². The van der Waals surface area contributed by atoms with E-state index in [1.807, 2.05) is 18.2 Å². The van der Waals surface area contributed by atoms with Gasteiger partial charge < -0.3 is 9.88 Å². The Balaban J connectivity index is 2.00. The van der Waals surface area contributed by atoms with Crippen molar-refractivity contribution in [1.82, 2.24) is 9.88 Å². The predicted octanol–water partition coefficient (Wildman–Crippen LogP) is 3.31. The molecule has 3 heteroatoms. The summed E-state index contributed by atoms with van der Waals surface area (Å²) in [5.74, 6) is 0.0156. The van der Waals surface area contributed by atoms with Crippen molar-refractivity contribution in [2.75, 3.05) is 6.54 Å². The SMILES string of the molecule is CC(=O)NCCc1cn(-c2ccccc2)c2ccccc12. The van der Waals surface area contributed by atoms with Crippen LogP contribution in [0.5, 0.6) is 0 Å². The predicted molar refractivity (Wildman–Crippen MR) is 85.7 cm³/mol. The maximum absolute atomic E-state index is 11.0. The molecule has 3 rings (SSSR count). The zero-order valence-electron chi connectivity index (χ0n) is 12.0. The molecule has 0 bridgehead atoms. The van der Waals surface area contributed by atoms with E-state index >= 15 is 0 Å². The van der Waals surface area contributed by atoms with Crippen LogP contribution >= 0.6 is 0 Å². The Morgan fingerprint density at radius 3 is 2.52 bits per heavy atom. The van der Waals surface area contributed by atoms with Crippen molar-refractivity contribution in [1.29, 1.82) is 0 Å². The molecule has 0 spiro atoms. The maximum Gasteiger partial charge on any atom is 0.216 e. The van der Waals surface area contributed by atoms with Gasteiger partial charge in [0.2, 0.25) is 5.91 Å². The number of fused-ring (bicyclic) bond motifs is 1. The highest BCUT2D eigenvalue weighted by molar-refractivity contribution is 5.85. The lowest BCUT2D eigenvalue weighted by molar-refractivity contribution is -0.118. The molecule has 0 saturated heterocycles. The van der Waals surface area contributed by atoms with E-state index in [1.54, 1.807) is 6.92 Å². The molecular weight excluding hydrogens is 260 g/mol. The molecular formula is C18H18N2O. The van der Waals surface area contributed by atoms with Crippen molar-refractivity contribution < 1.29 is 4.79 Å². The van der Waals surface area contributed by atoms with Crippen LogP contribution in [0.1, 0.15) is 12.5 Å². The lowest BCUT2D eigenvalue weighted by Crippen LogP contribution is -2.22. The molecule has 0 radical (unpaired) electrons. The molecule has 106 valence electrons. The molecule has 0 saturated carbocycles. The van der Waals surface area contributed by atoms with Crippen LogP contribution in [-0.2, 0) is 11.2 Å². The number of carbonyl (C=O) groups excluding carboxylic acids is 1. The zero-order valence-corrected chi connectivity index (χ0v) is 12.0. The summed E-state index contributed by atoms with van der Waals surface area (Å²) >= 11 is 0. The van der Waals surface area contributed by atoms with Crippen molar-refractivity contribution in [2.45, 2.75) is 13.3 Å². The first-order chi connectivity index (χ1) is 10.3. The van der Waals surface area contributed by atoms with Crippen LogP contribution in [0.15, 0.2) is 60.8 Å². The van der Waals surface area contributed by atoms with Gasteiger partial charge in [-0.1, -0.05) is 36.4 Å². The second-order valence-electron chi connectivity index (χ2n) is 5.11. The van der Waals surface area contributed by atoms with E-state index in [0.29, 0.717) is 6.54 Å². The number of hydrogen-bond acceptors (Lipinski definition) is 1. The third-order valence-electron chi connectivity index (χ3n) is 3.60. The number of aromatic nitrogens is 1. The number of para-hydroxylation sites is 2. The highest BCUT2D eigenvalue weighted by atomic mass is 16.1. The van der Waals surface area contributed by atoms with Gasteiger partial charge in [-0.3, -0.25) is 4.79 Å². The van der Waals surface area contributed by atoms with E-state index in [1.165, 1.54) is 16.5 Å². The molecule has 1 N–H and O–H groups in total. The van der Waals surface area contributed by atoms with Crippen molar-refractivity contribution >= 4 is 16.8 Å². The minimum absolute atomic E-state index is 0.0156. The van der Waals surface area contributed by atoms with E-state index in [2.05, 4.69) is 52.5 Å². The van der Waals surface area contributed by atoms with Crippen LogP contribution in [0.4, 0.5) is 0 Å². The molecule has 2 aromatic carbocycles. The third-order valence-corrected chi connectivity index (χ3v) is 3.60. The summed E-state index contributed by atoms with van der Waals surface area (Å²) in [4.78, 5) is 11.0. The average Bonchev–Trinajstić information content (AvgIpc) is 2.87. The molecule has 1 heterocycles. The number of carbonyl (C=O) groups is 1. The summed E-state index contributed by atoms with van der Waals surface area (Å²) in [5.41, 5.74) is 3.60.